The van der Waals surface area contributed by atoms with E-state index in [9.17, 15) is 4.79 Å². The summed E-state index contributed by atoms with van der Waals surface area (Å²) in [7, 11) is 0. The van der Waals surface area contributed by atoms with E-state index in [2.05, 4.69) is 25.5 Å². The molecule has 0 saturated carbocycles. The van der Waals surface area contributed by atoms with E-state index in [-0.39, 0.29) is 24.0 Å². The van der Waals surface area contributed by atoms with E-state index >= 15 is 0 Å². The fourth-order valence-electron chi connectivity index (χ4n) is 2.94. The number of halogens is 1. The lowest BCUT2D eigenvalue weighted by Crippen LogP contribution is -2.29. The van der Waals surface area contributed by atoms with E-state index < -0.39 is 0 Å². The van der Waals surface area contributed by atoms with Crippen LogP contribution in [0.1, 0.15) is 36.8 Å². The van der Waals surface area contributed by atoms with Crippen molar-refractivity contribution in [3.05, 3.63) is 34.1 Å². The number of nitrogens with one attached hydrogen (secondary N) is 3. The first-order chi connectivity index (χ1) is 10.7. The second-order valence-corrected chi connectivity index (χ2v) is 6.74. The number of hydrogen-bond acceptors (Lipinski definition) is 5. The smallest absolute Gasteiger partial charge is 0.268 e. The van der Waals surface area contributed by atoms with Crippen molar-refractivity contribution in [3.8, 4) is 10.4 Å². The molecule has 0 bridgehead atoms. The molecule has 0 aromatic carbocycles. The van der Waals surface area contributed by atoms with Gasteiger partial charge in [0.25, 0.3) is 5.56 Å². The summed E-state index contributed by atoms with van der Waals surface area (Å²) in [5.74, 6) is 0.755. The Morgan fingerprint density at radius 1 is 1.35 bits per heavy atom. The largest absolute Gasteiger partial charge is 0.308 e. The second kappa shape index (κ2) is 6.43. The lowest BCUT2D eigenvalue weighted by Gasteiger charge is -2.22. The van der Waals surface area contributed by atoms with Gasteiger partial charge in [0.05, 0.1) is 17.8 Å². The molecular weight excluding hydrogens is 334 g/mol. The zero-order valence-electron chi connectivity index (χ0n) is 12.7. The first kappa shape index (κ1) is 16.2. The zero-order chi connectivity index (χ0) is 15.1. The highest BCUT2D eigenvalue weighted by Crippen LogP contribution is 2.32. The molecule has 6 nitrogen and oxygen atoms in total. The molecule has 0 unspecified atom stereocenters. The topological polar surface area (TPSA) is 86.5 Å². The van der Waals surface area contributed by atoms with Gasteiger partial charge in [0, 0.05) is 16.1 Å². The molecule has 1 saturated heterocycles. The highest BCUT2D eigenvalue weighted by molar-refractivity contribution is 7.22. The summed E-state index contributed by atoms with van der Waals surface area (Å²) >= 11 is 1.46. The summed E-state index contributed by atoms with van der Waals surface area (Å²) in [6, 6.07) is 2.14. The number of aromatic amines is 2. The van der Waals surface area contributed by atoms with Crippen LogP contribution in [0.2, 0.25) is 0 Å². The molecule has 4 rings (SSSR count). The van der Waals surface area contributed by atoms with E-state index in [1.165, 1.54) is 24.2 Å². The third-order valence-corrected chi connectivity index (χ3v) is 5.29. The molecule has 1 fully saturated rings. The molecule has 0 radical (unpaired) electrons. The molecule has 23 heavy (non-hydrogen) atoms. The number of hydrogen-bond donors (Lipinski definition) is 3. The van der Waals surface area contributed by atoms with E-state index in [1.807, 2.05) is 13.0 Å². The number of H-pyrrole nitrogens is 2. The van der Waals surface area contributed by atoms with Gasteiger partial charge in [-0.25, -0.2) is 4.98 Å². The van der Waals surface area contributed by atoms with Crippen LogP contribution in [-0.2, 0) is 0 Å². The van der Waals surface area contributed by atoms with Crippen LogP contribution in [0.5, 0.6) is 0 Å². The molecule has 122 valence electrons. The number of fused-ring (bicyclic) bond motifs is 1. The number of rotatable bonds is 2. The average molecular weight is 352 g/mol. The Balaban J connectivity index is 0.00000156. The molecule has 3 aromatic rings. The van der Waals surface area contributed by atoms with Gasteiger partial charge in [0.2, 0.25) is 0 Å². The SMILES string of the molecule is Cc1[nH]ncc1-c1cc2nc([C@@H]3CCCCN3)[nH]c(=O)c2s1.Cl. The minimum Gasteiger partial charge on any atom is -0.308 e. The second-order valence-electron chi connectivity index (χ2n) is 5.69. The quantitative estimate of drug-likeness (QED) is 0.662. The minimum atomic E-state index is -0.0511. The predicted molar refractivity (Wildman–Crippen MR) is 94.4 cm³/mol. The summed E-state index contributed by atoms with van der Waals surface area (Å²) < 4.78 is 0.676. The van der Waals surface area contributed by atoms with Gasteiger partial charge in [-0.1, -0.05) is 6.42 Å². The van der Waals surface area contributed by atoms with Crippen LogP contribution >= 0.6 is 23.7 Å². The summed E-state index contributed by atoms with van der Waals surface area (Å²) in [4.78, 5) is 21.0. The fourth-order valence-corrected chi connectivity index (χ4v) is 4.00. The normalized spacial score (nSPS) is 18.0. The van der Waals surface area contributed by atoms with Crippen molar-refractivity contribution in [1.82, 2.24) is 25.5 Å². The van der Waals surface area contributed by atoms with Gasteiger partial charge in [-0.3, -0.25) is 9.89 Å². The van der Waals surface area contributed by atoms with Gasteiger partial charge in [-0.15, -0.1) is 23.7 Å². The third-order valence-electron chi connectivity index (χ3n) is 4.14. The molecule has 1 aliphatic rings. The minimum absolute atomic E-state index is 0. The molecule has 0 amide bonds. The Kier molecular flexibility index (Phi) is 4.52. The molecule has 0 spiro atoms. The fraction of sp³-hybridized carbons (Fsp3) is 0.400. The lowest BCUT2D eigenvalue weighted by atomic mass is 10.0. The maximum absolute atomic E-state index is 12.4. The van der Waals surface area contributed by atoms with Gasteiger partial charge < -0.3 is 10.3 Å². The first-order valence-corrected chi connectivity index (χ1v) is 8.31. The molecule has 4 heterocycles. The number of thiophene rings is 1. The van der Waals surface area contributed by atoms with Crippen molar-refractivity contribution in [3.63, 3.8) is 0 Å². The Morgan fingerprint density at radius 3 is 2.91 bits per heavy atom. The van der Waals surface area contributed by atoms with Crippen LogP contribution in [0.25, 0.3) is 20.7 Å². The average Bonchev–Trinajstić information content (AvgIpc) is 3.14. The molecule has 3 aromatic heterocycles. The summed E-state index contributed by atoms with van der Waals surface area (Å²) in [6.07, 6.45) is 5.16. The van der Waals surface area contributed by atoms with Crippen molar-refractivity contribution in [1.29, 1.82) is 0 Å². The molecule has 0 aliphatic carbocycles. The monoisotopic (exact) mass is 351 g/mol. The highest BCUT2D eigenvalue weighted by Gasteiger charge is 2.19. The van der Waals surface area contributed by atoms with Gasteiger partial charge in [0.1, 0.15) is 10.5 Å². The van der Waals surface area contributed by atoms with Crippen molar-refractivity contribution in [2.24, 2.45) is 0 Å². The van der Waals surface area contributed by atoms with Gasteiger partial charge in [0.15, 0.2) is 0 Å². The maximum atomic E-state index is 12.4. The Morgan fingerprint density at radius 2 is 2.22 bits per heavy atom. The number of aromatic nitrogens is 4. The predicted octanol–water partition coefficient (Wildman–Crippen LogP) is 2.92. The Bertz CT molecular complexity index is 878. The van der Waals surface area contributed by atoms with E-state index in [0.29, 0.717) is 4.70 Å². The third kappa shape index (κ3) is 2.91. The molecule has 3 N–H and O–H groups in total. The zero-order valence-corrected chi connectivity index (χ0v) is 14.3. The molecular formula is C15H18ClN5OS. The van der Waals surface area contributed by atoms with Crippen LogP contribution in [-0.4, -0.2) is 26.7 Å². The van der Waals surface area contributed by atoms with Crippen LogP contribution in [0.3, 0.4) is 0 Å². The van der Waals surface area contributed by atoms with Crippen LogP contribution < -0.4 is 10.9 Å². The summed E-state index contributed by atoms with van der Waals surface area (Å²) in [5.41, 5.74) is 2.74. The number of aryl methyl sites for hydroxylation is 1. The standard InChI is InChI=1S/C15H17N5OS.ClH/c1-8-9(7-17-20-8)12-6-11-13(22-12)15(21)19-14(18-11)10-4-2-3-5-16-10;/h6-7,10,16H,2-5H2,1H3,(H,17,20)(H,18,19,21);1H/t10-;/m0./s1. The molecule has 1 atom stereocenters. The number of piperidine rings is 1. The van der Waals surface area contributed by atoms with E-state index in [0.717, 1.165) is 40.4 Å². The highest BCUT2D eigenvalue weighted by atomic mass is 35.5. The maximum Gasteiger partial charge on any atom is 0.268 e. The van der Waals surface area contributed by atoms with Crippen molar-refractivity contribution < 1.29 is 0 Å². The van der Waals surface area contributed by atoms with Gasteiger partial charge in [-0.05, 0) is 32.4 Å². The summed E-state index contributed by atoms with van der Waals surface area (Å²) in [5, 5.41) is 10.4. The summed E-state index contributed by atoms with van der Waals surface area (Å²) in [6.45, 7) is 2.96. The Labute approximate surface area is 143 Å². The van der Waals surface area contributed by atoms with Gasteiger partial charge >= 0.3 is 0 Å². The van der Waals surface area contributed by atoms with E-state index in [1.54, 1.807) is 6.20 Å². The molecule has 8 heteroatoms. The van der Waals surface area contributed by atoms with E-state index in [4.69, 9.17) is 0 Å². The molecule has 1 aliphatic heterocycles. The van der Waals surface area contributed by atoms with Gasteiger partial charge in [-0.2, -0.15) is 5.10 Å². The first-order valence-electron chi connectivity index (χ1n) is 7.50. The van der Waals surface area contributed by atoms with Crippen molar-refractivity contribution in [2.45, 2.75) is 32.2 Å². The number of nitrogens with zero attached hydrogens (tertiary/aromatic N) is 2. The van der Waals surface area contributed by atoms with Crippen LogP contribution in [0.4, 0.5) is 0 Å². The van der Waals surface area contributed by atoms with Crippen molar-refractivity contribution >= 4 is 34.0 Å². The van der Waals surface area contributed by atoms with Crippen molar-refractivity contribution in [2.75, 3.05) is 6.54 Å². The van der Waals surface area contributed by atoms with Crippen LogP contribution in [0, 0.1) is 6.92 Å². The van der Waals surface area contributed by atoms with Crippen LogP contribution in [0.15, 0.2) is 17.1 Å². The lowest BCUT2D eigenvalue weighted by molar-refractivity contribution is 0.397. The Hall–Kier alpha value is -1.70.